The highest BCUT2D eigenvalue weighted by molar-refractivity contribution is 8.00. The van der Waals surface area contributed by atoms with Crippen molar-refractivity contribution < 1.29 is 9.53 Å². The number of ether oxygens (including phenoxy) is 1. The largest absolute Gasteiger partial charge is 0.379 e. The average molecular weight is 429 g/mol. The molecule has 30 heavy (non-hydrogen) atoms. The number of rotatable bonds is 6. The van der Waals surface area contributed by atoms with Crippen molar-refractivity contribution in [3.8, 4) is 0 Å². The Labute approximate surface area is 183 Å². The molecule has 1 aliphatic heterocycles. The molecule has 2 aromatic rings. The minimum atomic E-state index is -0.200. The number of morpholine rings is 1. The Morgan fingerprint density at radius 1 is 1.23 bits per heavy atom. The molecule has 0 radical (unpaired) electrons. The lowest BCUT2D eigenvalue weighted by Gasteiger charge is -2.30. The first kappa shape index (κ1) is 21.5. The van der Waals surface area contributed by atoms with Gasteiger partial charge < -0.3 is 10.1 Å². The topological polar surface area (TPSA) is 67.3 Å². The van der Waals surface area contributed by atoms with Crippen molar-refractivity contribution >= 4 is 28.6 Å². The molecule has 7 heteroatoms. The number of hydrogen-bond donors (Lipinski definition) is 1. The Kier molecular flexibility index (Phi) is 7.23. The SMILES string of the molecule is CC(Sc1nc(CN2CCOCC2)nc2ccccc12)C(=O)NC1CCCCC1C. The summed E-state index contributed by atoms with van der Waals surface area (Å²) in [7, 11) is 0. The van der Waals surface area contributed by atoms with Crippen LogP contribution in [0, 0.1) is 5.92 Å². The highest BCUT2D eigenvalue weighted by atomic mass is 32.2. The van der Waals surface area contributed by atoms with Crippen molar-refractivity contribution in [2.24, 2.45) is 5.92 Å². The predicted octanol–water partition coefficient (Wildman–Crippen LogP) is 3.64. The molecule has 4 rings (SSSR count). The van der Waals surface area contributed by atoms with Crippen molar-refractivity contribution in [2.75, 3.05) is 26.3 Å². The number of amides is 1. The number of aromatic nitrogens is 2. The summed E-state index contributed by atoms with van der Waals surface area (Å²) in [5.41, 5.74) is 0.937. The summed E-state index contributed by atoms with van der Waals surface area (Å²) in [6, 6.07) is 8.38. The second-order valence-electron chi connectivity index (χ2n) is 8.49. The number of nitrogens with one attached hydrogen (secondary N) is 1. The van der Waals surface area contributed by atoms with Crippen LogP contribution in [0.5, 0.6) is 0 Å². The quantitative estimate of drug-likeness (QED) is 0.560. The van der Waals surface area contributed by atoms with E-state index in [-0.39, 0.29) is 11.2 Å². The van der Waals surface area contributed by atoms with Crippen LogP contribution in [-0.4, -0.2) is 58.4 Å². The fraction of sp³-hybridized carbons (Fsp3) is 0.609. The Hall–Kier alpha value is -1.70. The summed E-state index contributed by atoms with van der Waals surface area (Å²) in [6.45, 7) is 8.25. The smallest absolute Gasteiger partial charge is 0.233 e. The molecule has 2 fully saturated rings. The van der Waals surface area contributed by atoms with E-state index < -0.39 is 0 Å². The van der Waals surface area contributed by atoms with Gasteiger partial charge in [-0.25, -0.2) is 9.97 Å². The van der Waals surface area contributed by atoms with Gasteiger partial charge in [-0.1, -0.05) is 49.7 Å². The van der Waals surface area contributed by atoms with Gasteiger partial charge in [-0.2, -0.15) is 0 Å². The third-order valence-electron chi connectivity index (χ3n) is 6.18. The van der Waals surface area contributed by atoms with E-state index in [1.165, 1.54) is 19.3 Å². The van der Waals surface area contributed by atoms with E-state index in [0.717, 1.165) is 54.5 Å². The van der Waals surface area contributed by atoms with Crippen molar-refractivity contribution in [3.63, 3.8) is 0 Å². The van der Waals surface area contributed by atoms with Gasteiger partial charge in [-0.05, 0) is 31.7 Å². The lowest BCUT2D eigenvalue weighted by Crippen LogP contribution is -2.44. The first-order valence-corrected chi connectivity index (χ1v) is 12.0. The van der Waals surface area contributed by atoms with Gasteiger partial charge in [0.15, 0.2) is 0 Å². The molecule has 0 bridgehead atoms. The number of hydrogen-bond acceptors (Lipinski definition) is 6. The van der Waals surface area contributed by atoms with E-state index in [2.05, 4.69) is 17.1 Å². The maximum Gasteiger partial charge on any atom is 0.233 e. The molecular weight excluding hydrogens is 396 g/mol. The molecule has 1 aromatic heterocycles. The van der Waals surface area contributed by atoms with Gasteiger partial charge in [0.25, 0.3) is 0 Å². The predicted molar refractivity (Wildman–Crippen MR) is 121 cm³/mol. The van der Waals surface area contributed by atoms with Gasteiger partial charge in [0.05, 0.1) is 30.5 Å². The molecule has 3 atom stereocenters. The van der Waals surface area contributed by atoms with Crippen molar-refractivity contribution in [1.29, 1.82) is 0 Å². The zero-order valence-electron chi connectivity index (χ0n) is 18.0. The average Bonchev–Trinajstić information content (AvgIpc) is 2.76. The highest BCUT2D eigenvalue weighted by Crippen LogP contribution is 2.30. The monoisotopic (exact) mass is 428 g/mol. The normalized spacial score (nSPS) is 23.9. The molecule has 1 saturated heterocycles. The van der Waals surface area contributed by atoms with Crippen LogP contribution in [0.4, 0.5) is 0 Å². The number of thioether (sulfide) groups is 1. The number of benzene rings is 1. The molecule has 1 saturated carbocycles. The van der Waals surface area contributed by atoms with Crippen LogP contribution in [0.25, 0.3) is 10.9 Å². The highest BCUT2D eigenvalue weighted by Gasteiger charge is 2.26. The van der Waals surface area contributed by atoms with Crippen LogP contribution in [0.1, 0.15) is 45.4 Å². The Morgan fingerprint density at radius 3 is 2.80 bits per heavy atom. The molecule has 162 valence electrons. The van der Waals surface area contributed by atoms with E-state index >= 15 is 0 Å². The minimum Gasteiger partial charge on any atom is -0.379 e. The number of fused-ring (bicyclic) bond motifs is 1. The number of para-hydroxylation sites is 1. The molecule has 0 spiro atoms. The standard InChI is InChI=1S/C23H32N4O2S/c1-16-7-3-5-9-19(16)25-22(28)17(2)30-23-18-8-4-6-10-20(18)24-21(26-23)15-27-11-13-29-14-12-27/h4,6,8,10,16-17,19H,3,5,7,9,11-15H2,1-2H3,(H,25,28). The fourth-order valence-corrected chi connectivity index (χ4v) is 5.23. The zero-order valence-corrected chi connectivity index (χ0v) is 18.8. The van der Waals surface area contributed by atoms with E-state index in [0.29, 0.717) is 18.5 Å². The molecule has 3 unspecified atom stereocenters. The van der Waals surface area contributed by atoms with Crippen LogP contribution in [0.3, 0.4) is 0 Å². The maximum absolute atomic E-state index is 12.9. The molecule has 1 amide bonds. The zero-order chi connectivity index (χ0) is 20.9. The fourth-order valence-electron chi connectivity index (χ4n) is 4.27. The van der Waals surface area contributed by atoms with Gasteiger partial charge in [0, 0.05) is 24.5 Å². The number of carbonyl (C=O) groups is 1. The Bertz CT molecular complexity index is 871. The van der Waals surface area contributed by atoms with Crippen molar-refractivity contribution in [3.05, 3.63) is 30.1 Å². The molecule has 2 aliphatic rings. The maximum atomic E-state index is 12.9. The molecule has 1 aliphatic carbocycles. The van der Waals surface area contributed by atoms with Gasteiger partial charge in [0.1, 0.15) is 10.9 Å². The lowest BCUT2D eigenvalue weighted by molar-refractivity contribution is -0.121. The van der Waals surface area contributed by atoms with Gasteiger partial charge in [0.2, 0.25) is 5.91 Å². The van der Waals surface area contributed by atoms with Gasteiger partial charge in [-0.3, -0.25) is 9.69 Å². The summed E-state index contributed by atoms with van der Waals surface area (Å²) in [5.74, 6) is 1.47. The minimum absolute atomic E-state index is 0.108. The van der Waals surface area contributed by atoms with E-state index in [1.54, 1.807) is 11.8 Å². The summed E-state index contributed by atoms with van der Waals surface area (Å²) in [5, 5.41) is 5.00. The second-order valence-corrected chi connectivity index (χ2v) is 9.82. The van der Waals surface area contributed by atoms with Crippen LogP contribution < -0.4 is 5.32 Å². The molecule has 6 nitrogen and oxygen atoms in total. The summed E-state index contributed by atoms with van der Waals surface area (Å²) >= 11 is 1.54. The second kappa shape index (κ2) is 10.1. The summed E-state index contributed by atoms with van der Waals surface area (Å²) in [4.78, 5) is 24.9. The van der Waals surface area contributed by atoms with E-state index in [1.807, 2.05) is 31.2 Å². The number of nitrogens with zero attached hydrogens (tertiary/aromatic N) is 3. The van der Waals surface area contributed by atoms with Crippen LogP contribution in [0.2, 0.25) is 0 Å². The van der Waals surface area contributed by atoms with Crippen molar-refractivity contribution in [1.82, 2.24) is 20.2 Å². The molecule has 2 heterocycles. The third-order valence-corrected chi connectivity index (χ3v) is 7.28. The molecular formula is C23H32N4O2S. The van der Waals surface area contributed by atoms with Crippen LogP contribution in [0.15, 0.2) is 29.3 Å². The van der Waals surface area contributed by atoms with E-state index in [4.69, 9.17) is 14.7 Å². The number of carbonyl (C=O) groups excluding carboxylic acids is 1. The first-order chi connectivity index (χ1) is 14.6. The van der Waals surface area contributed by atoms with E-state index in [9.17, 15) is 4.79 Å². The lowest BCUT2D eigenvalue weighted by atomic mass is 9.86. The Morgan fingerprint density at radius 2 is 2.00 bits per heavy atom. The summed E-state index contributed by atoms with van der Waals surface area (Å²) < 4.78 is 5.45. The third kappa shape index (κ3) is 5.31. The molecule has 1 N–H and O–H groups in total. The van der Waals surface area contributed by atoms with Gasteiger partial charge in [-0.15, -0.1) is 0 Å². The van der Waals surface area contributed by atoms with Gasteiger partial charge >= 0.3 is 0 Å². The Balaban J connectivity index is 1.49. The summed E-state index contributed by atoms with van der Waals surface area (Å²) in [6.07, 6.45) is 4.77. The molecule has 1 aromatic carbocycles. The van der Waals surface area contributed by atoms with Crippen molar-refractivity contribution in [2.45, 2.75) is 62.4 Å². The first-order valence-electron chi connectivity index (χ1n) is 11.1. The van der Waals surface area contributed by atoms with Crippen LogP contribution >= 0.6 is 11.8 Å². The van der Waals surface area contributed by atoms with Crippen LogP contribution in [-0.2, 0) is 16.1 Å².